The molecule has 0 bridgehead atoms. The van der Waals surface area contributed by atoms with E-state index in [4.69, 9.17) is 11.6 Å². The fourth-order valence-electron chi connectivity index (χ4n) is 2.07. The lowest BCUT2D eigenvalue weighted by atomic mass is 10.2. The molecule has 2 aromatic heterocycles. The smallest absolute Gasteiger partial charge is 0.179 e. The Balaban J connectivity index is 2.34. The van der Waals surface area contributed by atoms with E-state index in [2.05, 4.69) is 9.55 Å². The van der Waals surface area contributed by atoms with Crippen molar-refractivity contribution in [2.75, 3.05) is 5.88 Å². The van der Waals surface area contributed by atoms with Gasteiger partial charge in [0, 0.05) is 35.9 Å². The van der Waals surface area contributed by atoms with Crippen molar-refractivity contribution in [1.82, 2.24) is 9.55 Å². The second-order valence-corrected chi connectivity index (χ2v) is 4.55. The number of halogens is 1. The molecule has 18 heavy (non-hydrogen) atoms. The van der Waals surface area contributed by atoms with Crippen LogP contribution in [0.3, 0.4) is 0 Å². The summed E-state index contributed by atoms with van der Waals surface area (Å²) >= 11 is 5.61. The highest BCUT2D eigenvalue weighted by Crippen LogP contribution is 2.17. The summed E-state index contributed by atoms with van der Waals surface area (Å²) in [4.78, 5) is 15.7. The van der Waals surface area contributed by atoms with E-state index in [1.54, 1.807) is 12.4 Å². The summed E-state index contributed by atoms with van der Waals surface area (Å²) in [5, 5.41) is 0. The van der Waals surface area contributed by atoms with Gasteiger partial charge in [-0.3, -0.25) is 9.78 Å². The van der Waals surface area contributed by atoms with Gasteiger partial charge in [-0.15, -0.1) is 11.6 Å². The van der Waals surface area contributed by atoms with Crippen molar-refractivity contribution < 1.29 is 4.79 Å². The maximum atomic E-state index is 11.7. The van der Waals surface area contributed by atoms with Crippen LogP contribution in [0.25, 0.3) is 0 Å². The van der Waals surface area contributed by atoms with Crippen LogP contribution < -0.4 is 0 Å². The molecule has 2 aromatic rings. The standard InChI is InChI=1S/C14H15ClN2O/c1-10-7-13(14(18)8-15)11(2)17(10)9-12-3-5-16-6-4-12/h3-7H,8-9H2,1-2H3. The highest BCUT2D eigenvalue weighted by atomic mass is 35.5. The van der Waals surface area contributed by atoms with Gasteiger partial charge in [0.2, 0.25) is 0 Å². The van der Waals surface area contributed by atoms with Gasteiger partial charge in [-0.1, -0.05) is 0 Å². The van der Waals surface area contributed by atoms with Gasteiger partial charge in [0.15, 0.2) is 5.78 Å². The third-order valence-electron chi connectivity index (χ3n) is 3.09. The Hall–Kier alpha value is -1.61. The lowest BCUT2D eigenvalue weighted by Crippen LogP contribution is -2.06. The number of aromatic nitrogens is 2. The molecule has 0 fully saturated rings. The van der Waals surface area contributed by atoms with E-state index in [0.717, 1.165) is 29.1 Å². The first-order valence-electron chi connectivity index (χ1n) is 5.78. The molecule has 2 rings (SSSR count). The third-order valence-corrected chi connectivity index (χ3v) is 3.33. The van der Waals surface area contributed by atoms with E-state index < -0.39 is 0 Å². The Bertz CT molecular complexity index is 561. The maximum absolute atomic E-state index is 11.7. The normalized spacial score (nSPS) is 10.6. The number of carbonyl (C=O) groups is 1. The molecule has 0 saturated heterocycles. The Morgan fingerprint density at radius 1 is 1.33 bits per heavy atom. The average molecular weight is 263 g/mol. The molecule has 0 aromatic carbocycles. The second-order valence-electron chi connectivity index (χ2n) is 4.28. The number of aryl methyl sites for hydroxylation is 1. The van der Waals surface area contributed by atoms with Gasteiger partial charge >= 0.3 is 0 Å². The zero-order chi connectivity index (χ0) is 13.1. The van der Waals surface area contributed by atoms with Gasteiger partial charge in [0.25, 0.3) is 0 Å². The molecule has 0 radical (unpaired) electrons. The van der Waals surface area contributed by atoms with Crippen molar-refractivity contribution in [3.63, 3.8) is 0 Å². The number of hydrogen-bond donors (Lipinski definition) is 0. The summed E-state index contributed by atoms with van der Waals surface area (Å²) in [6.45, 7) is 4.70. The fourth-order valence-corrected chi connectivity index (χ4v) is 2.21. The molecule has 0 saturated carbocycles. The lowest BCUT2D eigenvalue weighted by Gasteiger charge is -2.09. The highest BCUT2D eigenvalue weighted by Gasteiger charge is 2.14. The van der Waals surface area contributed by atoms with Crippen LogP contribution in [-0.4, -0.2) is 21.2 Å². The van der Waals surface area contributed by atoms with E-state index in [0.29, 0.717) is 0 Å². The number of nitrogens with zero attached hydrogens (tertiary/aromatic N) is 2. The zero-order valence-corrected chi connectivity index (χ0v) is 11.2. The Kier molecular flexibility index (Phi) is 3.82. The number of alkyl halides is 1. The SMILES string of the molecule is Cc1cc(C(=O)CCl)c(C)n1Cc1ccncc1. The van der Waals surface area contributed by atoms with Crippen molar-refractivity contribution in [2.24, 2.45) is 0 Å². The fraction of sp³-hybridized carbons (Fsp3) is 0.286. The van der Waals surface area contributed by atoms with E-state index in [-0.39, 0.29) is 11.7 Å². The minimum atomic E-state index is -0.0225. The number of ketones is 1. The van der Waals surface area contributed by atoms with Gasteiger partial charge in [-0.2, -0.15) is 0 Å². The van der Waals surface area contributed by atoms with E-state index >= 15 is 0 Å². The van der Waals surface area contributed by atoms with Crippen LogP contribution in [0.15, 0.2) is 30.6 Å². The summed E-state index contributed by atoms with van der Waals surface area (Å²) < 4.78 is 2.12. The summed E-state index contributed by atoms with van der Waals surface area (Å²) in [6.07, 6.45) is 3.54. The molecule has 0 aliphatic heterocycles. The number of Topliss-reactive ketones (excluding diaryl/α,β-unsaturated/α-hetero) is 1. The number of carbonyl (C=O) groups excluding carboxylic acids is 1. The van der Waals surface area contributed by atoms with Crippen LogP contribution in [0.5, 0.6) is 0 Å². The quantitative estimate of drug-likeness (QED) is 0.627. The molecule has 0 aliphatic carbocycles. The molecule has 94 valence electrons. The van der Waals surface area contributed by atoms with Crippen LogP contribution in [0.1, 0.15) is 27.3 Å². The summed E-state index contributed by atoms with van der Waals surface area (Å²) in [6, 6.07) is 5.85. The molecular weight excluding hydrogens is 248 g/mol. The zero-order valence-electron chi connectivity index (χ0n) is 10.5. The topological polar surface area (TPSA) is 34.9 Å². The van der Waals surface area contributed by atoms with Gasteiger partial charge in [-0.25, -0.2) is 0 Å². The average Bonchev–Trinajstić information content (AvgIpc) is 2.67. The van der Waals surface area contributed by atoms with E-state index in [1.807, 2.05) is 32.0 Å². The second kappa shape index (κ2) is 5.36. The molecule has 0 amide bonds. The van der Waals surface area contributed by atoms with Crippen molar-refractivity contribution >= 4 is 17.4 Å². The van der Waals surface area contributed by atoms with Gasteiger partial charge in [0.1, 0.15) is 0 Å². The van der Waals surface area contributed by atoms with Crippen LogP contribution in [0, 0.1) is 13.8 Å². The lowest BCUT2D eigenvalue weighted by molar-refractivity contribution is 0.102. The summed E-state index contributed by atoms with van der Waals surface area (Å²) in [7, 11) is 0. The minimum Gasteiger partial charge on any atom is -0.344 e. The largest absolute Gasteiger partial charge is 0.344 e. The molecule has 2 heterocycles. The van der Waals surface area contributed by atoms with E-state index in [1.165, 1.54) is 0 Å². The highest BCUT2D eigenvalue weighted by molar-refractivity contribution is 6.30. The van der Waals surface area contributed by atoms with Crippen molar-refractivity contribution in [2.45, 2.75) is 20.4 Å². The molecule has 3 nitrogen and oxygen atoms in total. The monoisotopic (exact) mass is 262 g/mol. The number of rotatable bonds is 4. The molecule has 0 unspecified atom stereocenters. The van der Waals surface area contributed by atoms with Gasteiger partial charge in [-0.05, 0) is 37.6 Å². The van der Waals surface area contributed by atoms with Crippen LogP contribution in [0.2, 0.25) is 0 Å². The van der Waals surface area contributed by atoms with Crippen molar-refractivity contribution in [3.05, 3.63) is 53.1 Å². The summed E-state index contributed by atoms with van der Waals surface area (Å²) in [5.74, 6) is 0.00487. The molecule has 0 N–H and O–H groups in total. The first-order chi connectivity index (χ1) is 8.63. The molecule has 0 atom stereocenters. The predicted octanol–water partition coefficient (Wildman–Crippen LogP) is 2.97. The Labute approximate surface area is 111 Å². The molecule has 0 aliphatic rings. The van der Waals surface area contributed by atoms with Crippen LogP contribution in [0.4, 0.5) is 0 Å². The minimum absolute atomic E-state index is 0.0225. The molecule has 4 heteroatoms. The number of pyridine rings is 1. The number of hydrogen-bond acceptors (Lipinski definition) is 2. The maximum Gasteiger partial charge on any atom is 0.179 e. The summed E-state index contributed by atoms with van der Waals surface area (Å²) in [5.41, 5.74) is 3.92. The molecule has 0 spiro atoms. The molecular formula is C14H15ClN2O. The van der Waals surface area contributed by atoms with Crippen LogP contribution in [-0.2, 0) is 6.54 Å². The first-order valence-corrected chi connectivity index (χ1v) is 6.31. The predicted molar refractivity (Wildman–Crippen MR) is 72.3 cm³/mol. The van der Waals surface area contributed by atoms with Crippen molar-refractivity contribution in [3.8, 4) is 0 Å². The first kappa shape index (κ1) is 12.8. The van der Waals surface area contributed by atoms with Gasteiger partial charge < -0.3 is 4.57 Å². The van der Waals surface area contributed by atoms with Crippen molar-refractivity contribution in [1.29, 1.82) is 0 Å². The van der Waals surface area contributed by atoms with Gasteiger partial charge in [0.05, 0.1) is 5.88 Å². The van der Waals surface area contributed by atoms with E-state index in [9.17, 15) is 4.79 Å². The Morgan fingerprint density at radius 3 is 2.61 bits per heavy atom. The van der Waals surface area contributed by atoms with Crippen LogP contribution >= 0.6 is 11.6 Å². The Morgan fingerprint density at radius 2 is 2.00 bits per heavy atom. The third kappa shape index (κ3) is 2.46.